The smallest absolute Gasteiger partial charge is 0.258 e. The van der Waals surface area contributed by atoms with Gasteiger partial charge in [0, 0.05) is 0 Å². The number of ether oxygens (including phenoxy) is 1. The molecule has 1 amide bonds. The first kappa shape index (κ1) is 12.9. The quantitative estimate of drug-likeness (QED) is 0.905. The molecule has 0 aromatic heterocycles. The number of methoxy groups -OCH3 is 1. The van der Waals surface area contributed by atoms with E-state index in [1.807, 2.05) is 0 Å². The standard InChI is InChI=1S/C11H11Cl2NO2/c1-3-4-14-11(15)10-8(12)5-7(16-2)6-9(10)13/h3-6H,1-2H3,(H,14,15)/b4-3-. The average Bonchev–Trinajstić information content (AvgIpc) is 2.25. The van der Waals surface area contributed by atoms with Crippen LogP contribution in [0.15, 0.2) is 24.4 Å². The van der Waals surface area contributed by atoms with Crippen LogP contribution in [0.25, 0.3) is 0 Å². The Labute approximate surface area is 104 Å². The van der Waals surface area contributed by atoms with Crippen molar-refractivity contribution >= 4 is 29.1 Å². The number of halogens is 2. The van der Waals surface area contributed by atoms with Crippen molar-refractivity contribution in [3.8, 4) is 5.75 Å². The van der Waals surface area contributed by atoms with Gasteiger partial charge < -0.3 is 10.1 Å². The van der Waals surface area contributed by atoms with Crippen LogP contribution in [0.4, 0.5) is 0 Å². The summed E-state index contributed by atoms with van der Waals surface area (Å²) in [6.45, 7) is 1.79. The Morgan fingerprint density at radius 2 is 1.94 bits per heavy atom. The van der Waals surface area contributed by atoms with Gasteiger partial charge in [0.25, 0.3) is 5.91 Å². The van der Waals surface area contributed by atoms with Crippen molar-refractivity contribution in [1.29, 1.82) is 0 Å². The molecule has 0 unspecified atom stereocenters. The largest absolute Gasteiger partial charge is 0.497 e. The first-order valence-electron chi connectivity index (χ1n) is 4.55. The molecule has 1 rings (SSSR count). The highest BCUT2D eigenvalue weighted by atomic mass is 35.5. The summed E-state index contributed by atoms with van der Waals surface area (Å²) in [6, 6.07) is 3.08. The van der Waals surface area contributed by atoms with E-state index in [2.05, 4.69) is 5.32 Å². The Kier molecular flexibility index (Phi) is 4.65. The number of rotatable bonds is 3. The summed E-state index contributed by atoms with van der Waals surface area (Å²) in [6.07, 6.45) is 3.21. The van der Waals surface area contributed by atoms with Crippen LogP contribution in [0.3, 0.4) is 0 Å². The molecule has 0 saturated carbocycles. The van der Waals surface area contributed by atoms with E-state index in [0.29, 0.717) is 5.75 Å². The molecule has 3 nitrogen and oxygen atoms in total. The number of allylic oxidation sites excluding steroid dienone is 1. The van der Waals surface area contributed by atoms with Gasteiger partial charge >= 0.3 is 0 Å². The maximum atomic E-state index is 11.7. The third-order valence-electron chi connectivity index (χ3n) is 1.86. The van der Waals surface area contributed by atoms with E-state index in [1.165, 1.54) is 25.4 Å². The Bertz CT molecular complexity index is 407. The summed E-state index contributed by atoms with van der Waals surface area (Å²) in [5.41, 5.74) is 0.238. The molecule has 0 fully saturated rings. The summed E-state index contributed by atoms with van der Waals surface area (Å²) in [5, 5.41) is 3.05. The van der Waals surface area contributed by atoms with E-state index in [4.69, 9.17) is 27.9 Å². The van der Waals surface area contributed by atoms with Crippen LogP contribution in [-0.4, -0.2) is 13.0 Å². The maximum absolute atomic E-state index is 11.7. The predicted molar refractivity (Wildman–Crippen MR) is 65.3 cm³/mol. The molecule has 86 valence electrons. The molecule has 1 aromatic carbocycles. The molecular formula is C11H11Cl2NO2. The highest BCUT2D eigenvalue weighted by Crippen LogP contribution is 2.30. The zero-order chi connectivity index (χ0) is 12.1. The van der Waals surface area contributed by atoms with E-state index in [9.17, 15) is 4.79 Å². The SMILES string of the molecule is C/C=C\NC(=O)c1c(Cl)cc(OC)cc1Cl. The van der Waals surface area contributed by atoms with Gasteiger partial charge in [0.1, 0.15) is 5.75 Å². The second-order valence-corrected chi connectivity index (χ2v) is 3.75. The third-order valence-corrected chi connectivity index (χ3v) is 2.46. The second kappa shape index (κ2) is 5.77. The summed E-state index contributed by atoms with van der Waals surface area (Å²) < 4.78 is 4.98. The number of benzene rings is 1. The molecule has 0 aliphatic carbocycles. The summed E-state index contributed by atoms with van der Waals surface area (Å²) in [7, 11) is 1.50. The molecule has 1 N–H and O–H groups in total. The lowest BCUT2D eigenvalue weighted by molar-refractivity contribution is 0.0970. The molecule has 0 atom stereocenters. The number of amides is 1. The predicted octanol–water partition coefficient (Wildman–Crippen LogP) is 3.27. The number of hydrogen-bond donors (Lipinski definition) is 1. The minimum absolute atomic E-state index is 0.238. The molecule has 0 heterocycles. The molecular weight excluding hydrogens is 249 g/mol. The van der Waals surface area contributed by atoms with Gasteiger partial charge in [-0.1, -0.05) is 29.3 Å². The van der Waals surface area contributed by atoms with Crippen molar-refractivity contribution in [2.45, 2.75) is 6.92 Å². The minimum atomic E-state index is -0.351. The van der Waals surface area contributed by atoms with Gasteiger partial charge in [0.2, 0.25) is 0 Å². The molecule has 5 heteroatoms. The second-order valence-electron chi connectivity index (χ2n) is 2.94. The van der Waals surface area contributed by atoms with Gasteiger partial charge in [-0.25, -0.2) is 0 Å². The van der Waals surface area contributed by atoms with Gasteiger partial charge in [0.15, 0.2) is 0 Å². The van der Waals surface area contributed by atoms with Gasteiger partial charge in [0.05, 0.1) is 22.7 Å². The van der Waals surface area contributed by atoms with E-state index in [0.717, 1.165) is 0 Å². The zero-order valence-corrected chi connectivity index (χ0v) is 10.4. The van der Waals surface area contributed by atoms with Crippen molar-refractivity contribution in [2.24, 2.45) is 0 Å². The van der Waals surface area contributed by atoms with E-state index >= 15 is 0 Å². The maximum Gasteiger partial charge on any atom is 0.258 e. The van der Waals surface area contributed by atoms with Gasteiger partial charge in [-0.2, -0.15) is 0 Å². The molecule has 0 spiro atoms. The Balaban J connectivity index is 3.09. The molecule has 16 heavy (non-hydrogen) atoms. The fourth-order valence-corrected chi connectivity index (χ4v) is 1.75. The lowest BCUT2D eigenvalue weighted by Crippen LogP contribution is -2.17. The normalized spacial score (nSPS) is 10.5. The first-order valence-corrected chi connectivity index (χ1v) is 5.30. The van der Waals surface area contributed by atoms with Crippen molar-refractivity contribution in [3.05, 3.63) is 40.0 Å². The van der Waals surface area contributed by atoms with Crippen molar-refractivity contribution in [2.75, 3.05) is 7.11 Å². The van der Waals surface area contributed by atoms with Crippen LogP contribution < -0.4 is 10.1 Å². The number of carbonyl (C=O) groups is 1. The molecule has 0 bridgehead atoms. The summed E-state index contributed by atoms with van der Waals surface area (Å²) >= 11 is 11.9. The van der Waals surface area contributed by atoms with Crippen LogP contribution in [0.5, 0.6) is 5.75 Å². The lowest BCUT2D eigenvalue weighted by Gasteiger charge is -2.08. The first-order chi connectivity index (χ1) is 7.60. The van der Waals surface area contributed by atoms with Crippen molar-refractivity contribution in [3.63, 3.8) is 0 Å². The van der Waals surface area contributed by atoms with Crippen molar-refractivity contribution < 1.29 is 9.53 Å². The highest BCUT2D eigenvalue weighted by molar-refractivity contribution is 6.39. The van der Waals surface area contributed by atoms with Crippen molar-refractivity contribution in [1.82, 2.24) is 5.32 Å². The number of carbonyl (C=O) groups excluding carboxylic acids is 1. The molecule has 1 aromatic rings. The van der Waals surface area contributed by atoms with Crippen LogP contribution >= 0.6 is 23.2 Å². The van der Waals surface area contributed by atoms with E-state index in [-0.39, 0.29) is 21.5 Å². The van der Waals surface area contributed by atoms with E-state index in [1.54, 1.807) is 13.0 Å². The minimum Gasteiger partial charge on any atom is -0.497 e. The Morgan fingerprint density at radius 1 is 1.38 bits per heavy atom. The molecule has 0 radical (unpaired) electrons. The lowest BCUT2D eigenvalue weighted by atomic mass is 10.2. The van der Waals surface area contributed by atoms with Crippen LogP contribution in [-0.2, 0) is 0 Å². The third kappa shape index (κ3) is 2.90. The topological polar surface area (TPSA) is 38.3 Å². The summed E-state index contributed by atoms with van der Waals surface area (Å²) in [4.78, 5) is 11.7. The van der Waals surface area contributed by atoms with Gasteiger partial charge in [-0.3, -0.25) is 4.79 Å². The van der Waals surface area contributed by atoms with Gasteiger partial charge in [-0.15, -0.1) is 0 Å². The Hall–Kier alpha value is -1.19. The highest BCUT2D eigenvalue weighted by Gasteiger charge is 2.15. The fourth-order valence-electron chi connectivity index (χ4n) is 1.12. The van der Waals surface area contributed by atoms with Gasteiger partial charge in [-0.05, 0) is 25.3 Å². The fraction of sp³-hybridized carbons (Fsp3) is 0.182. The van der Waals surface area contributed by atoms with Crippen LogP contribution in [0.2, 0.25) is 10.0 Å². The van der Waals surface area contributed by atoms with Crippen LogP contribution in [0, 0.1) is 0 Å². The molecule has 0 saturated heterocycles. The number of hydrogen-bond acceptors (Lipinski definition) is 2. The van der Waals surface area contributed by atoms with E-state index < -0.39 is 0 Å². The average molecular weight is 260 g/mol. The monoisotopic (exact) mass is 259 g/mol. The summed E-state index contributed by atoms with van der Waals surface area (Å²) in [5.74, 6) is 0.160. The zero-order valence-electron chi connectivity index (χ0n) is 8.88. The molecule has 0 aliphatic rings. The number of nitrogens with one attached hydrogen (secondary N) is 1. The molecule has 0 aliphatic heterocycles. The Morgan fingerprint density at radius 3 is 2.38 bits per heavy atom. The van der Waals surface area contributed by atoms with Crippen LogP contribution in [0.1, 0.15) is 17.3 Å².